The predicted molar refractivity (Wildman–Crippen MR) is 187 cm³/mol. The summed E-state index contributed by atoms with van der Waals surface area (Å²) in [6, 6.07) is 24.0. The highest BCUT2D eigenvalue weighted by Gasteiger charge is 2.41. The molecule has 0 radical (unpaired) electrons. The summed E-state index contributed by atoms with van der Waals surface area (Å²) < 4.78 is 12.4. The molecule has 1 N–H and O–H groups in total. The van der Waals surface area contributed by atoms with Crippen molar-refractivity contribution in [1.29, 1.82) is 0 Å². The van der Waals surface area contributed by atoms with Gasteiger partial charge < -0.3 is 14.8 Å². The highest BCUT2D eigenvalue weighted by Crippen LogP contribution is 2.47. The van der Waals surface area contributed by atoms with Crippen molar-refractivity contribution in [3.05, 3.63) is 83.9 Å². The molecule has 0 unspecified atom stereocenters. The fourth-order valence-corrected chi connectivity index (χ4v) is 8.86. The molecule has 2 fully saturated rings. The molecule has 0 bridgehead atoms. The monoisotopic (exact) mass is 619 g/mol. The van der Waals surface area contributed by atoms with Gasteiger partial charge in [0.1, 0.15) is 12.2 Å². The maximum Gasteiger partial charge on any atom is 0.339 e. The van der Waals surface area contributed by atoms with Crippen LogP contribution in [0.15, 0.2) is 72.8 Å². The van der Waals surface area contributed by atoms with E-state index in [1.807, 2.05) is 60.7 Å². The van der Waals surface area contributed by atoms with Gasteiger partial charge in [-0.05, 0) is 115 Å². The van der Waals surface area contributed by atoms with Crippen LogP contribution in [0.5, 0.6) is 0 Å². The van der Waals surface area contributed by atoms with Crippen molar-refractivity contribution in [2.75, 3.05) is 0 Å². The molecule has 5 nitrogen and oxygen atoms in total. The standard InChI is InChI=1S/C41H49NO4/c1-38(2)21-30(22-39(3,4)25-38)45-37(44)35-20-29(19-27-12-9-10-14-32(27)35)26-16-17-33-28(18-26)13-11-15-34(33)36(43)46-31-23-40(5,6)42-41(7,8)24-31/h9-20,30-31,42H,21-25H2,1-8H3. The Labute approximate surface area is 274 Å². The Morgan fingerprint density at radius 3 is 1.76 bits per heavy atom. The van der Waals surface area contributed by atoms with E-state index in [0.29, 0.717) is 11.1 Å². The van der Waals surface area contributed by atoms with Crippen LogP contribution < -0.4 is 5.32 Å². The smallest absolute Gasteiger partial charge is 0.339 e. The molecule has 46 heavy (non-hydrogen) atoms. The summed E-state index contributed by atoms with van der Waals surface area (Å²) in [4.78, 5) is 27.4. The molecule has 4 aromatic rings. The Balaban J connectivity index is 1.30. The summed E-state index contributed by atoms with van der Waals surface area (Å²) in [6.07, 6.45) is 4.09. The Hall–Kier alpha value is -3.70. The van der Waals surface area contributed by atoms with Gasteiger partial charge in [-0.3, -0.25) is 0 Å². The predicted octanol–water partition coefficient (Wildman–Crippen LogP) is 9.89. The quantitative estimate of drug-likeness (QED) is 0.225. The maximum atomic E-state index is 13.8. The zero-order chi connectivity index (χ0) is 33.1. The minimum Gasteiger partial charge on any atom is -0.459 e. The number of ether oxygens (including phenoxy) is 2. The van der Waals surface area contributed by atoms with Crippen molar-refractivity contribution in [1.82, 2.24) is 5.32 Å². The molecule has 0 aromatic heterocycles. The molecule has 0 atom stereocenters. The summed E-state index contributed by atoms with van der Waals surface area (Å²) in [5.41, 5.74) is 3.06. The minimum absolute atomic E-state index is 0.116. The van der Waals surface area contributed by atoms with Crippen LogP contribution in [0.4, 0.5) is 0 Å². The van der Waals surface area contributed by atoms with Crippen molar-refractivity contribution in [3.63, 3.8) is 0 Å². The van der Waals surface area contributed by atoms with Crippen LogP contribution >= 0.6 is 0 Å². The van der Waals surface area contributed by atoms with Gasteiger partial charge in [-0.2, -0.15) is 0 Å². The van der Waals surface area contributed by atoms with Crippen LogP contribution in [-0.4, -0.2) is 35.2 Å². The number of carbonyl (C=O) groups excluding carboxylic acids is 2. The Kier molecular flexibility index (Phi) is 8.08. The van der Waals surface area contributed by atoms with E-state index in [1.54, 1.807) is 0 Å². The van der Waals surface area contributed by atoms with E-state index in [9.17, 15) is 9.59 Å². The lowest BCUT2D eigenvalue weighted by atomic mass is 9.64. The van der Waals surface area contributed by atoms with Gasteiger partial charge in [0, 0.05) is 23.9 Å². The first-order chi connectivity index (χ1) is 21.5. The number of nitrogens with one attached hydrogen (secondary N) is 1. The second-order valence-corrected chi connectivity index (χ2v) is 16.8. The number of fused-ring (bicyclic) bond motifs is 2. The molecule has 1 aliphatic heterocycles. The first kappa shape index (κ1) is 32.2. The van der Waals surface area contributed by atoms with E-state index in [4.69, 9.17) is 9.47 Å². The SMILES string of the molecule is CC1(C)CC(OC(=O)c2cc(-c3ccc4c(C(=O)OC5CC(C)(C)NC(C)(C)C5)cccc4c3)cc3ccccc23)CC(C)(C)C1. The Morgan fingerprint density at radius 2 is 1.11 bits per heavy atom. The van der Waals surface area contributed by atoms with Gasteiger partial charge in [0.05, 0.1) is 11.1 Å². The van der Waals surface area contributed by atoms with Gasteiger partial charge in [0.15, 0.2) is 0 Å². The lowest BCUT2D eigenvalue weighted by molar-refractivity contribution is -0.0282. The molecule has 1 saturated heterocycles. The summed E-state index contributed by atoms with van der Waals surface area (Å²) in [5, 5.41) is 7.33. The average molecular weight is 620 g/mol. The third kappa shape index (κ3) is 7.00. The zero-order valence-electron chi connectivity index (χ0n) is 28.8. The lowest BCUT2D eigenvalue weighted by Crippen LogP contribution is -2.59. The average Bonchev–Trinajstić information content (AvgIpc) is 2.92. The maximum absolute atomic E-state index is 13.8. The molecule has 1 saturated carbocycles. The number of esters is 2. The third-order valence-corrected chi connectivity index (χ3v) is 9.73. The molecule has 0 spiro atoms. The van der Waals surface area contributed by atoms with E-state index in [0.717, 1.165) is 64.8 Å². The second-order valence-electron chi connectivity index (χ2n) is 16.8. The van der Waals surface area contributed by atoms with Gasteiger partial charge in [-0.1, -0.05) is 76.2 Å². The summed E-state index contributed by atoms with van der Waals surface area (Å²) in [7, 11) is 0. The summed E-state index contributed by atoms with van der Waals surface area (Å²) in [6.45, 7) is 17.7. The lowest BCUT2D eigenvalue weighted by Gasteiger charge is -2.45. The first-order valence-electron chi connectivity index (χ1n) is 16.8. The van der Waals surface area contributed by atoms with Crippen LogP contribution in [0.3, 0.4) is 0 Å². The largest absolute Gasteiger partial charge is 0.459 e. The van der Waals surface area contributed by atoms with E-state index in [1.165, 1.54) is 0 Å². The molecule has 2 aliphatic rings. The van der Waals surface area contributed by atoms with Crippen LogP contribution in [-0.2, 0) is 9.47 Å². The molecule has 242 valence electrons. The van der Waals surface area contributed by atoms with Crippen molar-refractivity contribution in [2.24, 2.45) is 10.8 Å². The van der Waals surface area contributed by atoms with Crippen LogP contribution in [0.2, 0.25) is 0 Å². The van der Waals surface area contributed by atoms with Crippen molar-refractivity contribution >= 4 is 33.5 Å². The number of hydrogen-bond donors (Lipinski definition) is 1. The number of piperidine rings is 1. The second kappa shape index (κ2) is 11.5. The third-order valence-electron chi connectivity index (χ3n) is 9.73. The van der Waals surface area contributed by atoms with Crippen LogP contribution in [0, 0.1) is 10.8 Å². The van der Waals surface area contributed by atoms with Gasteiger partial charge in [-0.25, -0.2) is 9.59 Å². The molecule has 0 amide bonds. The molecular weight excluding hydrogens is 570 g/mol. The molecular formula is C41H49NO4. The summed E-state index contributed by atoms with van der Waals surface area (Å²) >= 11 is 0. The van der Waals surface area contributed by atoms with Crippen LogP contribution in [0.1, 0.15) is 108 Å². The molecule has 5 heteroatoms. The normalized spacial score (nSPS) is 20.8. The number of rotatable bonds is 5. The number of carbonyl (C=O) groups is 2. The molecule has 1 aliphatic carbocycles. The highest BCUT2D eigenvalue weighted by atomic mass is 16.5. The van der Waals surface area contributed by atoms with Crippen molar-refractivity contribution < 1.29 is 19.1 Å². The number of benzene rings is 4. The molecule has 4 aromatic carbocycles. The first-order valence-corrected chi connectivity index (χ1v) is 16.8. The van der Waals surface area contributed by atoms with E-state index < -0.39 is 0 Å². The Bertz CT molecular complexity index is 1780. The molecule has 1 heterocycles. The fourth-order valence-electron chi connectivity index (χ4n) is 8.86. The van der Waals surface area contributed by atoms with Crippen molar-refractivity contribution in [2.45, 2.75) is 111 Å². The zero-order valence-corrected chi connectivity index (χ0v) is 28.8. The van der Waals surface area contributed by atoms with Gasteiger partial charge in [-0.15, -0.1) is 0 Å². The van der Waals surface area contributed by atoms with E-state index in [2.05, 4.69) is 72.8 Å². The van der Waals surface area contributed by atoms with Crippen molar-refractivity contribution in [3.8, 4) is 11.1 Å². The van der Waals surface area contributed by atoms with Gasteiger partial charge in [0.2, 0.25) is 0 Å². The van der Waals surface area contributed by atoms with Gasteiger partial charge in [0.25, 0.3) is 0 Å². The van der Waals surface area contributed by atoms with Gasteiger partial charge >= 0.3 is 11.9 Å². The minimum atomic E-state index is -0.290. The number of hydrogen-bond acceptors (Lipinski definition) is 5. The van der Waals surface area contributed by atoms with E-state index in [-0.39, 0.29) is 46.1 Å². The highest BCUT2D eigenvalue weighted by molar-refractivity contribution is 6.08. The topological polar surface area (TPSA) is 64.6 Å². The Morgan fingerprint density at radius 1 is 0.587 bits per heavy atom. The fraction of sp³-hybridized carbons (Fsp3) is 0.463. The molecule has 6 rings (SSSR count). The van der Waals surface area contributed by atoms with Crippen LogP contribution in [0.25, 0.3) is 32.7 Å². The summed E-state index contributed by atoms with van der Waals surface area (Å²) in [5.74, 6) is -0.562. The van der Waals surface area contributed by atoms with E-state index >= 15 is 0 Å².